The average molecular weight is 427 g/mol. The normalized spacial score (nSPS) is 21.2. The lowest BCUT2D eigenvalue weighted by atomic mass is 9.79. The van der Waals surface area contributed by atoms with Gasteiger partial charge in [-0.05, 0) is 88.2 Å². The van der Waals surface area contributed by atoms with Crippen molar-refractivity contribution in [2.75, 3.05) is 33.2 Å². The van der Waals surface area contributed by atoms with Gasteiger partial charge >= 0.3 is 0 Å². The molecule has 0 saturated carbocycles. The quantitative estimate of drug-likeness (QED) is 0.684. The first-order valence-electron chi connectivity index (χ1n) is 11.5. The van der Waals surface area contributed by atoms with Gasteiger partial charge in [0.1, 0.15) is 6.04 Å². The summed E-state index contributed by atoms with van der Waals surface area (Å²) >= 11 is 0. The number of amides is 2. The van der Waals surface area contributed by atoms with Crippen LogP contribution in [0.15, 0.2) is 30.5 Å². The monoisotopic (exact) mass is 426 g/mol. The topological polar surface area (TPSA) is 88.7 Å². The van der Waals surface area contributed by atoms with E-state index in [1.54, 1.807) is 19.1 Å². The Morgan fingerprint density at radius 1 is 1.06 bits per heavy atom. The predicted molar refractivity (Wildman–Crippen MR) is 121 cm³/mol. The number of carbonyl (C=O) groups excluding carboxylic acids is 2. The van der Waals surface area contributed by atoms with Crippen LogP contribution in [0.3, 0.4) is 0 Å². The van der Waals surface area contributed by atoms with Crippen LogP contribution in [0.1, 0.15) is 43.0 Å². The largest absolute Gasteiger partial charge is 0.391 e. The van der Waals surface area contributed by atoms with Crippen molar-refractivity contribution in [3.63, 3.8) is 0 Å². The molecule has 2 saturated heterocycles. The van der Waals surface area contributed by atoms with Crippen molar-refractivity contribution >= 4 is 22.7 Å². The number of piperidine rings is 2. The lowest BCUT2D eigenvalue weighted by Gasteiger charge is -2.40. The molecule has 0 unspecified atom stereocenters. The number of aliphatic hydroxyl groups is 1. The predicted octanol–water partition coefficient (Wildman–Crippen LogP) is 2.23. The van der Waals surface area contributed by atoms with Crippen molar-refractivity contribution in [3.8, 4) is 0 Å². The number of hydrogen-bond donors (Lipinski definition) is 3. The Morgan fingerprint density at radius 2 is 1.71 bits per heavy atom. The molecule has 1 aromatic heterocycles. The lowest BCUT2D eigenvalue weighted by molar-refractivity contribution is -0.137. The highest BCUT2D eigenvalue weighted by atomic mass is 16.3. The molecule has 7 heteroatoms. The average Bonchev–Trinajstić information content (AvgIpc) is 3.25. The maximum atomic E-state index is 13.1. The van der Waals surface area contributed by atoms with E-state index in [1.165, 1.54) is 12.8 Å². The highest BCUT2D eigenvalue weighted by Gasteiger charge is 2.34. The van der Waals surface area contributed by atoms with Gasteiger partial charge in [-0.1, -0.05) is 6.07 Å². The summed E-state index contributed by atoms with van der Waals surface area (Å²) in [6, 6.07) is 6.37. The van der Waals surface area contributed by atoms with Crippen LogP contribution in [0.5, 0.6) is 0 Å². The first kappa shape index (κ1) is 21.8. The number of hydrogen-bond acceptors (Lipinski definition) is 4. The number of rotatable bonds is 5. The number of likely N-dealkylation sites (tertiary alicyclic amines) is 2. The van der Waals surface area contributed by atoms with E-state index in [4.69, 9.17) is 0 Å². The summed E-state index contributed by atoms with van der Waals surface area (Å²) in [5, 5.41) is 14.0. The summed E-state index contributed by atoms with van der Waals surface area (Å²) in [5.74, 6) is 0.886. The van der Waals surface area contributed by atoms with Crippen molar-refractivity contribution in [3.05, 3.63) is 36.0 Å². The van der Waals surface area contributed by atoms with Gasteiger partial charge in [-0.2, -0.15) is 0 Å². The Kier molecular flexibility index (Phi) is 6.62. The third kappa shape index (κ3) is 4.93. The third-order valence-electron chi connectivity index (χ3n) is 7.13. The van der Waals surface area contributed by atoms with Gasteiger partial charge in [0.05, 0.1) is 6.10 Å². The van der Waals surface area contributed by atoms with Crippen LogP contribution in [0.2, 0.25) is 0 Å². The van der Waals surface area contributed by atoms with Crippen LogP contribution in [0.4, 0.5) is 0 Å². The molecule has 0 bridgehead atoms. The molecule has 2 aromatic rings. The number of aromatic amines is 1. The number of nitrogens with zero attached hydrogens (tertiary/aromatic N) is 2. The molecule has 168 valence electrons. The van der Waals surface area contributed by atoms with E-state index in [1.807, 2.05) is 23.2 Å². The molecule has 7 nitrogen and oxygen atoms in total. The van der Waals surface area contributed by atoms with Gasteiger partial charge < -0.3 is 25.2 Å². The third-order valence-corrected chi connectivity index (χ3v) is 7.13. The van der Waals surface area contributed by atoms with Crippen LogP contribution in [0, 0.1) is 11.8 Å². The molecule has 2 atom stereocenters. The smallest absolute Gasteiger partial charge is 0.252 e. The molecule has 2 aliphatic rings. The molecule has 0 aliphatic carbocycles. The minimum absolute atomic E-state index is 0.189. The second-order valence-corrected chi connectivity index (χ2v) is 9.27. The van der Waals surface area contributed by atoms with Gasteiger partial charge in [0, 0.05) is 30.4 Å². The van der Waals surface area contributed by atoms with Crippen molar-refractivity contribution in [2.45, 2.75) is 44.8 Å². The summed E-state index contributed by atoms with van der Waals surface area (Å²) in [6.45, 7) is 5.28. The second-order valence-electron chi connectivity index (χ2n) is 9.27. The van der Waals surface area contributed by atoms with E-state index in [-0.39, 0.29) is 11.8 Å². The Morgan fingerprint density at radius 3 is 2.35 bits per heavy atom. The van der Waals surface area contributed by atoms with Crippen molar-refractivity contribution in [1.82, 2.24) is 20.1 Å². The molecule has 3 N–H and O–H groups in total. The molecule has 0 radical (unpaired) electrons. The molecule has 0 spiro atoms. The number of aromatic nitrogens is 1. The number of benzene rings is 1. The number of H-pyrrole nitrogens is 1. The Hall–Kier alpha value is -2.38. The van der Waals surface area contributed by atoms with E-state index in [0.717, 1.165) is 42.8 Å². The Bertz CT molecular complexity index is 908. The fourth-order valence-electron chi connectivity index (χ4n) is 5.09. The van der Waals surface area contributed by atoms with Crippen LogP contribution in [-0.4, -0.2) is 77.1 Å². The summed E-state index contributed by atoms with van der Waals surface area (Å²) in [6.07, 6.45) is 5.36. The summed E-state index contributed by atoms with van der Waals surface area (Å²) in [4.78, 5) is 33.2. The van der Waals surface area contributed by atoms with E-state index in [0.29, 0.717) is 24.6 Å². The molecule has 2 fully saturated rings. The van der Waals surface area contributed by atoms with Gasteiger partial charge in [0.25, 0.3) is 5.91 Å². The maximum Gasteiger partial charge on any atom is 0.252 e. The molecular weight excluding hydrogens is 392 g/mol. The van der Waals surface area contributed by atoms with Gasteiger partial charge in [0.2, 0.25) is 5.91 Å². The van der Waals surface area contributed by atoms with Crippen molar-refractivity contribution < 1.29 is 14.7 Å². The van der Waals surface area contributed by atoms with Gasteiger partial charge in [-0.15, -0.1) is 0 Å². The number of carbonyl (C=O) groups is 2. The van der Waals surface area contributed by atoms with Gasteiger partial charge in [-0.3, -0.25) is 9.59 Å². The Labute approximate surface area is 183 Å². The van der Waals surface area contributed by atoms with E-state index in [2.05, 4.69) is 22.2 Å². The zero-order valence-corrected chi connectivity index (χ0v) is 18.5. The molecule has 3 heterocycles. The van der Waals surface area contributed by atoms with E-state index >= 15 is 0 Å². The SMILES string of the molecule is C[C@H](O)[C@@H](NC(=O)c1ccc2cc[nH]c2c1)C(=O)N1CCC(C2CCN(C)CC2)CC1. The minimum atomic E-state index is -0.961. The number of fused-ring (bicyclic) bond motifs is 1. The van der Waals surface area contributed by atoms with E-state index < -0.39 is 12.1 Å². The Balaban J connectivity index is 1.35. The lowest BCUT2D eigenvalue weighted by Crippen LogP contribution is -2.55. The summed E-state index contributed by atoms with van der Waals surface area (Å²) in [5.41, 5.74) is 1.33. The number of aliphatic hydroxyl groups excluding tert-OH is 1. The molecule has 1 aromatic carbocycles. The van der Waals surface area contributed by atoms with Crippen LogP contribution >= 0.6 is 0 Å². The van der Waals surface area contributed by atoms with Crippen LogP contribution in [-0.2, 0) is 4.79 Å². The standard InChI is InChI=1S/C24H34N4O3/c1-16(29)22(26-23(30)20-4-3-19-5-10-25-21(19)15-20)24(31)28-13-8-18(9-14-28)17-6-11-27(2)12-7-17/h3-5,10,15-18,22,25,29H,6-9,11-14H2,1-2H3,(H,26,30)/t16-,22+/m0/s1. The summed E-state index contributed by atoms with van der Waals surface area (Å²) in [7, 11) is 2.18. The van der Waals surface area contributed by atoms with Crippen LogP contribution in [0.25, 0.3) is 10.9 Å². The molecular formula is C24H34N4O3. The first-order chi connectivity index (χ1) is 14.9. The van der Waals surface area contributed by atoms with Gasteiger partial charge in [-0.25, -0.2) is 0 Å². The zero-order chi connectivity index (χ0) is 22.0. The number of nitrogens with one attached hydrogen (secondary N) is 2. The zero-order valence-electron chi connectivity index (χ0n) is 18.5. The molecule has 31 heavy (non-hydrogen) atoms. The fraction of sp³-hybridized carbons (Fsp3) is 0.583. The first-order valence-corrected chi connectivity index (χ1v) is 11.5. The van der Waals surface area contributed by atoms with Crippen molar-refractivity contribution in [2.24, 2.45) is 11.8 Å². The van der Waals surface area contributed by atoms with Gasteiger partial charge in [0.15, 0.2) is 0 Å². The molecule has 2 amide bonds. The molecule has 2 aliphatic heterocycles. The van der Waals surface area contributed by atoms with E-state index in [9.17, 15) is 14.7 Å². The molecule has 4 rings (SSSR count). The highest BCUT2D eigenvalue weighted by molar-refractivity contribution is 6.00. The highest BCUT2D eigenvalue weighted by Crippen LogP contribution is 2.32. The second kappa shape index (κ2) is 9.40. The van der Waals surface area contributed by atoms with Crippen molar-refractivity contribution in [1.29, 1.82) is 0 Å². The fourth-order valence-corrected chi connectivity index (χ4v) is 5.09. The van der Waals surface area contributed by atoms with Crippen LogP contribution < -0.4 is 5.32 Å². The minimum Gasteiger partial charge on any atom is -0.391 e. The summed E-state index contributed by atoms with van der Waals surface area (Å²) < 4.78 is 0. The maximum absolute atomic E-state index is 13.1.